The first-order valence-corrected chi connectivity index (χ1v) is 8.57. The van der Waals surface area contributed by atoms with Gasteiger partial charge in [-0.25, -0.2) is 0 Å². The summed E-state index contributed by atoms with van der Waals surface area (Å²) in [6.45, 7) is 15.9. The SMILES string of the molecule is CCC12C=NC=CN1N2c1cc(C(C)(C)C)ccc1C(C)(C)C. The molecule has 0 aromatic heterocycles. The van der Waals surface area contributed by atoms with Crippen molar-refractivity contribution in [1.29, 1.82) is 0 Å². The van der Waals surface area contributed by atoms with Gasteiger partial charge in [-0.2, -0.15) is 0 Å². The number of nitrogens with zero attached hydrogens (tertiary/aromatic N) is 3. The van der Waals surface area contributed by atoms with E-state index in [0.717, 1.165) is 6.42 Å². The van der Waals surface area contributed by atoms with Gasteiger partial charge in [0.15, 0.2) is 5.66 Å². The monoisotopic (exact) mass is 311 g/mol. The van der Waals surface area contributed by atoms with E-state index < -0.39 is 0 Å². The molecule has 0 N–H and O–H groups in total. The number of aliphatic imine (C=N–C) groups is 1. The van der Waals surface area contributed by atoms with E-state index in [1.807, 2.05) is 6.20 Å². The number of hydrogen-bond acceptors (Lipinski definition) is 3. The summed E-state index contributed by atoms with van der Waals surface area (Å²) in [6, 6.07) is 6.97. The lowest BCUT2D eigenvalue weighted by Gasteiger charge is -2.27. The molecule has 3 heteroatoms. The van der Waals surface area contributed by atoms with Crippen molar-refractivity contribution in [2.45, 2.75) is 71.4 Å². The molecule has 1 unspecified atom stereocenters. The van der Waals surface area contributed by atoms with E-state index in [0.29, 0.717) is 0 Å². The summed E-state index contributed by atoms with van der Waals surface area (Å²) >= 11 is 0. The fourth-order valence-electron chi connectivity index (χ4n) is 3.39. The summed E-state index contributed by atoms with van der Waals surface area (Å²) in [6.07, 6.45) is 7.05. The van der Waals surface area contributed by atoms with Crippen LogP contribution in [-0.4, -0.2) is 16.9 Å². The van der Waals surface area contributed by atoms with Crippen molar-refractivity contribution >= 4 is 11.9 Å². The van der Waals surface area contributed by atoms with Gasteiger partial charge in [-0.15, -0.1) is 0 Å². The number of fused-ring (bicyclic) bond motifs is 1. The number of anilines is 1. The third kappa shape index (κ3) is 2.46. The molecule has 1 fully saturated rings. The van der Waals surface area contributed by atoms with Gasteiger partial charge in [0.05, 0.1) is 11.9 Å². The van der Waals surface area contributed by atoms with Crippen LogP contribution in [0.1, 0.15) is 66.0 Å². The largest absolute Gasteiger partial charge is 0.263 e. The average Bonchev–Trinajstić information content (AvgIpc) is 3.14. The molecule has 124 valence electrons. The molecule has 3 rings (SSSR count). The van der Waals surface area contributed by atoms with Crippen LogP contribution >= 0.6 is 0 Å². The molecule has 0 spiro atoms. The average molecular weight is 311 g/mol. The molecule has 1 atom stereocenters. The quantitative estimate of drug-likeness (QED) is 0.717. The first-order chi connectivity index (χ1) is 10.6. The molecule has 0 saturated carbocycles. The number of benzene rings is 1. The zero-order chi connectivity index (χ0) is 17.0. The van der Waals surface area contributed by atoms with Crippen LogP contribution in [0.3, 0.4) is 0 Å². The van der Waals surface area contributed by atoms with Gasteiger partial charge >= 0.3 is 0 Å². The minimum Gasteiger partial charge on any atom is -0.263 e. The normalized spacial score (nSPS) is 23.3. The minimum absolute atomic E-state index is 0.0781. The van der Waals surface area contributed by atoms with Crippen LogP contribution in [0.5, 0.6) is 0 Å². The topological polar surface area (TPSA) is 18.4 Å². The Labute approximate surface area is 140 Å². The summed E-state index contributed by atoms with van der Waals surface area (Å²) < 4.78 is 0. The molecule has 0 aliphatic carbocycles. The minimum atomic E-state index is -0.0781. The predicted molar refractivity (Wildman–Crippen MR) is 98.8 cm³/mol. The molecule has 1 aromatic rings. The molecule has 0 amide bonds. The molecular weight excluding hydrogens is 282 g/mol. The van der Waals surface area contributed by atoms with Crippen LogP contribution < -0.4 is 5.01 Å². The highest BCUT2D eigenvalue weighted by atomic mass is 15.9. The fraction of sp³-hybridized carbons (Fsp3) is 0.550. The summed E-state index contributed by atoms with van der Waals surface area (Å²) in [4.78, 5) is 4.39. The summed E-state index contributed by atoms with van der Waals surface area (Å²) in [5.74, 6) is 0. The van der Waals surface area contributed by atoms with Gasteiger partial charge < -0.3 is 0 Å². The zero-order valence-corrected chi connectivity index (χ0v) is 15.5. The predicted octanol–water partition coefficient (Wildman–Crippen LogP) is 4.98. The molecular formula is C20H29N3. The van der Waals surface area contributed by atoms with Crippen LogP contribution in [0.15, 0.2) is 35.6 Å². The highest BCUT2D eigenvalue weighted by molar-refractivity contribution is 5.85. The molecule has 3 nitrogen and oxygen atoms in total. The van der Waals surface area contributed by atoms with Crippen molar-refractivity contribution in [1.82, 2.24) is 5.01 Å². The highest BCUT2D eigenvalue weighted by Crippen LogP contribution is 2.50. The van der Waals surface area contributed by atoms with E-state index in [1.165, 1.54) is 16.8 Å². The van der Waals surface area contributed by atoms with E-state index in [4.69, 9.17) is 0 Å². The highest BCUT2D eigenvalue weighted by Gasteiger charge is 2.59. The lowest BCUT2D eigenvalue weighted by atomic mass is 9.81. The molecule has 0 bridgehead atoms. The van der Waals surface area contributed by atoms with Gasteiger partial charge in [0.25, 0.3) is 0 Å². The number of hydrogen-bond donors (Lipinski definition) is 0. The summed E-state index contributed by atoms with van der Waals surface area (Å²) in [7, 11) is 0. The Morgan fingerprint density at radius 3 is 2.26 bits per heavy atom. The van der Waals surface area contributed by atoms with Crippen LogP contribution in [-0.2, 0) is 10.8 Å². The standard InChI is InChI=1S/C20H29N3/c1-8-20-14-21-11-12-22(20)23(20)17-13-15(18(2,3)4)9-10-16(17)19(5,6)7/h9-14H,8H2,1-7H3. The molecule has 2 aliphatic rings. The molecule has 2 aliphatic heterocycles. The van der Waals surface area contributed by atoms with E-state index in [2.05, 4.69) is 94.1 Å². The van der Waals surface area contributed by atoms with E-state index in [9.17, 15) is 0 Å². The second-order valence-electron chi connectivity index (χ2n) is 8.70. The Kier molecular flexibility index (Phi) is 3.40. The second-order valence-corrected chi connectivity index (χ2v) is 8.70. The van der Waals surface area contributed by atoms with Gasteiger partial charge in [0.2, 0.25) is 0 Å². The molecule has 2 heterocycles. The van der Waals surface area contributed by atoms with E-state index in [1.54, 1.807) is 0 Å². The van der Waals surface area contributed by atoms with Crippen LogP contribution in [0.2, 0.25) is 0 Å². The molecule has 0 radical (unpaired) electrons. The van der Waals surface area contributed by atoms with Gasteiger partial charge in [-0.1, -0.05) is 60.6 Å². The summed E-state index contributed by atoms with van der Waals surface area (Å²) in [5, 5.41) is 4.70. The van der Waals surface area contributed by atoms with Crippen molar-refractivity contribution in [2.75, 3.05) is 5.01 Å². The van der Waals surface area contributed by atoms with Crippen molar-refractivity contribution in [3.05, 3.63) is 41.7 Å². The van der Waals surface area contributed by atoms with Crippen molar-refractivity contribution in [3.63, 3.8) is 0 Å². The number of hydrazine groups is 1. The summed E-state index contributed by atoms with van der Waals surface area (Å²) in [5.41, 5.74) is 4.24. The molecule has 1 saturated heterocycles. The van der Waals surface area contributed by atoms with Crippen molar-refractivity contribution in [2.24, 2.45) is 4.99 Å². The van der Waals surface area contributed by atoms with Crippen LogP contribution in [0.25, 0.3) is 0 Å². The lowest BCUT2D eigenvalue weighted by molar-refractivity contribution is 0.573. The van der Waals surface area contributed by atoms with Gasteiger partial charge in [-0.3, -0.25) is 15.0 Å². The van der Waals surface area contributed by atoms with E-state index >= 15 is 0 Å². The fourth-order valence-corrected chi connectivity index (χ4v) is 3.39. The second kappa shape index (κ2) is 4.86. The third-order valence-corrected chi connectivity index (χ3v) is 4.94. The Morgan fingerprint density at radius 1 is 1.04 bits per heavy atom. The first kappa shape index (κ1) is 16.1. The maximum absolute atomic E-state index is 4.39. The first-order valence-electron chi connectivity index (χ1n) is 8.57. The molecule has 1 aromatic carbocycles. The van der Waals surface area contributed by atoms with Crippen molar-refractivity contribution in [3.8, 4) is 0 Å². The van der Waals surface area contributed by atoms with Crippen molar-refractivity contribution < 1.29 is 0 Å². The van der Waals surface area contributed by atoms with E-state index in [-0.39, 0.29) is 16.5 Å². The molecule has 23 heavy (non-hydrogen) atoms. The van der Waals surface area contributed by atoms with Crippen LogP contribution in [0, 0.1) is 0 Å². The van der Waals surface area contributed by atoms with Gasteiger partial charge in [0, 0.05) is 12.4 Å². The maximum atomic E-state index is 4.39. The Hall–Kier alpha value is -1.77. The third-order valence-electron chi connectivity index (χ3n) is 4.94. The maximum Gasteiger partial charge on any atom is 0.186 e. The zero-order valence-electron chi connectivity index (χ0n) is 15.5. The van der Waals surface area contributed by atoms with Gasteiger partial charge in [-0.05, 0) is 34.4 Å². The van der Waals surface area contributed by atoms with Gasteiger partial charge in [0.1, 0.15) is 0 Å². The number of rotatable bonds is 2. The lowest BCUT2D eigenvalue weighted by Crippen LogP contribution is -2.23. The van der Waals surface area contributed by atoms with Crippen LogP contribution in [0.4, 0.5) is 5.69 Å². The Morgan fingerprint density at radius 2 is 1.74 bits per heavy atom. The Balaban J connectivity index is 2.14. The smallest absolute Gasteiger partial charge is 0.186 e. The Bertz CT molecular complexity index is 673.